The molecule has 2 heterocycles. The maximum absolute atomic E-state index is 13.7. The molecule has 0 saturated carbocycles. The minimum atomic E-state index is -0.767. The van der Waals surface area contributed by atoms with Gasteiger partial charge in [-0.3, -0.25) is 14.5 Å². The van der Waals surface area contributed by atoms with Gasteiger partial charge in [-0.15, -0.1) is 0 Å². The second kappa shape index (κ2) is 5.22. The quantitative estimate of drug-likeness (QED) is 0.640. The van der Waals surface area contributed by atoms with Crippen molar-refractivity contribution in [3.63, 3.8) is 0 Å². The third-order valence-corrected chi connectivity index (χ3v) is 7.00. The lowest BCUT2D eigenvalue weighted by Crippen LogP contribution is -2.49. The molecular formula is C24H19NO3. The van der Waals surface area contributed by atoms with E-state index >= 15 is 0 Å². The molecule has 0 spiro atoms. The smallest absolute Gasteiger partial charge is 0.237 e. The molecule has 1 fully saturated rings. The van der Waals surface area contributed by atoms with Crippen LogP contribution in [-0.4, -0.2) is 16.7 Å². The summed E-state index contributed by atoms with van der Waals surface area (Å²) in [7, 11) is 0. The van der Waals surface area contributed by atoms with Crippen molar-refractivity contribution in [2.75, 3.05) is 0 Å². The van der Waals surface area contributed by atoms with Crippen LogP contribution >= 0.6 is 0 Å². The van der Waals surface area contributed by atoms with Crippen molar-refractivity contribution in [3.05, 3.63) is 94.9 Å². The molecule has 0 radical (unpaired) electrons. The van der Waals surface area contributed by atoms with Gasteiger partial charge in [-0.05, 0) is 41.3 Å². The second-order valence-electron chi connectivity index (χ2n) is 8.24. The van der Waals surface area contributed by atoms with Crippen LogP contribution in [0.15, 0.2) is 71.3 Å². The van der Waals surface area contributed by atoms with E-state index in [0.29, 0.717) is 5.76 Å². The molecule has 3 aliphatic carbocycles. The van der Waals surface area contributed by atoms with E-state index < -0.39 is 5.41 Å². The molecule has 4 aliphatic rings. The molecule has 2 atom stereocenters. The standard InChI is InChI=1S/C24H19NO3/c1-24-20-17-10-4-2-8-15(17)19(16-9-3-5-11-18(16)20)21(24)22(26)25(23(24)27)13-14-7-6-12-28-14/h2-12,19-21H,13H2,1H3/t19?,20?,21-,24-/m1/s1. The summed E-state index contributed by atoms with van der Waals surface area (Å²) in [6, 6.07) is 20.2. The number of hydrogen-bond acceptors (Lipinski definition) is 3. The van der Waals surface area contributed by atoms with Gasteiger partial charge >= 0.3 is 0 Å². The Labute approximate surface area is 162 Å². The monoisotopic (exact) mass is 369 g/mol. The molecule has 138 valence electrons. The Kier molecular flexibility index (Phi) is 2.96. The van der Waals surface area contributed by atoms with E-state index in [1.165, 1.54) is 27.2 Å². The Hall–Kier alpha value is -3.14. The van der Waals surface area contributed by atoms with Gasteiger partial charge in [-0.25, -0.2) is 0 Å². The van der Waals surface area contributed by atoms with Crippen LogP contribution in [0.5, 0.6) is 0 Å². The van der Waals surface area contributed by atoms with E-state index in [-0.39, 0.29) is 36.1 Å². The van der Waals surface area contributed by atoms with Crippen molar-refractivity contribution in [2.24, 2.45) is 11.3 Å². The fourth-order valence-corrected chi connectivity index (χ4v) is 5.90. The van der Waals surface area contributed by atoms with Crippen LogP contribution in [0.3, 0.4) is 0 Å². The summed E-state index contributed by atoms with van der Waals surface area (Å²) in [5.74, 6) is -0.0923. The molecular weight excluding hydrogens is 350 g/mol. The fraction of sp³-hybridized carbons (Fsp3) is 0.250. The summed E-state index contributed by atoms with van der Waals surface area (Å²) in [5.41, 5.74) is 3.98. The zero-order valence-electron chi connectivity index (χ0n) is 15.5. The number of hydrogen-bond donors (Lipinski definition) is 0. The van der Waals surface area contributed by atoms with Crippen molar-refractivity contribution in [1.29, 1.82) is 0 Å². The average molecular weight is 369 g/mol. The van der Waals surface area contributed by atoms with Gasteiger partial charge in [0.2, 0.25) is 11.8 Å². The third kappa shape index (κ3) is 1.71. The van der Waals surface area contributed by atoms with Gasteiger partial charge in [0.15, 0.2) is 0 Å². The van der Waals surface area contributed by atoms with E-state index in [4.69, 9.17) is 4.42 Å². The number of amides is 2. The molecule has 4 nitrogen and oxygen atoms in total. The molecule has 0 unspecified atom stereocenters. The lowest BCUT2D eigenvalue weighted by molar-refractivity contribution is -0.142. The Morgan fingerprint density at radius 3 is 2.07 bits per heavy atom. The zero-order chi connectivity index (χ0) is 19.0. The molecule has 4 heteroatoms. The summed E-state index contributed by atoms with van der Waals surface area (Å²) < 4.78 is 5.43. The highest BCUT2D eigenvalue weighted by Gasteiger charge is 2.68. The molecule has 2 amide bonds. The van der Waals surface area contributed by atoms with Gasteiger partial charge in [0.25, 0.3) is 0 Å². The first kappa shape index (κ1) is 15.9. The number of carbonyl (C=O) groups is 2. The lowest BCUT2D eigenvalue weighted by atomic mass is 9.48. The van der Waals surface area contributed by atoms with Gasteiger partial charge < -0.3 is 4.42 Å². The van der Waals surface area contributed by atoms with Crippen LogP contribution < -0.4 is 0 Å². The number of benzene rings is 2. The van der Waals surface area contributed by atoms with Crippen molar-refractivity contribution in [3.8, 4) is 0 Å². The van der Waals surface area contributed by atoms with Crippen LogP contribution in [0.25, 0.3) is 0 Å². The van der Waals surface area contributed by atoms with Gasteiger partial charge in [0.05, 0.1) is 24.1 Å². The first-order chi connectivity index (χ1) is 13.6. The molecule has 3 aromatic rings. The number of imide groups is 1. The average Bonchev–Trinajstić information content (AvgIpc) is 3.30. The third-order valence-electron chi connectivity index (χ3n) is 7.00. The van der Waals surface area contributed by atoms with Crippen LogP contribution in [0, 0.1) is 11.3 Å². The molecule has 7 rings (SSSR count). The summed E-state index contributed by atoms with van der Waals surface area (Å²) in [4.78, 5) is 28.6. The number of furan rings is 1. The van der Waals surface area contributed by atoms with Crippen LogP contribution in [0.1, 0.15) is 46.8 Å². The molecule has 1 saturated heterocycles. The second-order valence-corrected chi connectivity index (χ2v) is 8.24. The molecule has 0 N–H and O–H groups in total. The maximum atomic E-state index is 13.7. The minimum absolute atomic E-state index is 0.0806. The van der Waals surface area contributed by atoms with Crippen molar-refractivity contribution < 1.29 is 14.0 Å². The van der Waals surface area contributed by atoms with E-state index in [9.17, 15) is 9.59 Å². The van der Waals surface area contributed by atoms with Crippen LogP contribution in [0.4, 0.5) is 0 Å². The predicted molar refractivity (Wildman–Crippen MR) is 102 cm³/mol. The number of nitrogens with zero attached hydrogens (tertiary/aromatic N) is 1. The fourth-order valence-electron chi connectivity index (χ4n) is 5.90. The van der Waals surface area contributed by atoms with Gasteiger partial charge in [0, 0.05) is 11.8 Å². The summed E-state index contributed by atoms with van der Waals surface area (Å²) in [6.45, 7) is 2.19. The maximum Gasteiger partial charge on any atom is 0.237 e. The lowest BCUT2D eigenvalue weighted by Gasteiger charge is -2.51. The Bertz CT molecular complexity index is 1080. The number of rotatable bonds is 2. The molecule has 28 heavy (non-hydrogen) atoms. The summed E-state index contributed by atoms with van der Waals surface area (Å²) >= 11 is 0. The van der Waals surface area contributed by atoms with E-state index in [1.54, 1.807) is 12.3 Å². The van der Waals surface area contributed by atoms with Gasteiger partial charge in [0.1, 0.15) is 5.76 Å². The summed E-state index contributed by atoms with van der Waals surface area (Å²) in [5, 5.41) is 0. The molecule has 1 aliphatic heterocycles. The first-order valence-electron chi connectivity index (χ1n) is 9.68. The van der Waals surface area contributed by atoms with E-state index in [2.05, 4.69) is 24.3 Å². The molecule has 2 bridgehead atoms. The topological polar surface area (TPSA) is 50.5 Å². The van der Waals surface area contributed by atoms with Gasteiger partial charge in [-0.2, -0.15) is 0 Å². The van der Waals surface area contributed by atoms with Crippen LogP contribution in [-0.2, 0) is 16.1 Å². The SMILES string of the molecule is C[C@]12C(=O)N(Cc3ccco3)C(=O)[C@H]1C1c3ccccc3C2c2ccccc21. The highest BCUT2D eigenvalue weighted by molar-refractivity contribution is 6.09. The van der Waals surface area contributed by atoms with E-state index in [1.807, 2.05) is 37.3 Å². The highest BCUT2D eigenvalue weighted by atomic mass is 16.3. The summed E-state index contributed by atoms with van der Waals surface area (Å²) in [6.07, 6.45) is 1.57. The largest absolute Gasteiger partial charge is 0.467 e. The highest BCUT2D eigenvalue weighted by Crippen LogP contribution is 2.66. The Morgan fingerprint density at radius 1 is 0.893 bits per heavy atom. The number of likely N-dealkylation sites (tertiary alicyclic amines) is 1. The Balaban J connectivity index is 1.58. The van der Waals surface area contributed by atoms with E-state index in [0.717, 1.165) is 0 Å². The normalized spacial score (nSPS) is 29.6. The minimum Gasteiger partial charge on any atom is -0.467 e. The zero-order valence-corrected chi connectivity index (χ0v) is 15.5. The van der Waals surface area contributed by atoms with Crippen molar-refractivity contribution in [2.45, 2.75) is 25.3 Å². The predicted octanol–water partition coefficient (Wildman–Crippen LogP) is 4.06. The molecule has 1 aromatic heterocycles. The van der Waals surface area contributed by atoms with Crippen LogP contribution in [0.2, 0.25) is 0 Å². The Morgan fingerprint density at radius 2 is 1.50 bits per heavy atom. The first-order valence-corrected chi connectivity index (χ1v) is 9.68. The van der Waals surface area contributed by atoms with Gasteiger partial charge in [-0.1, -0.05) is 48.5 Å². The molecule has 2 aromatic carbocycles. The van der Waals surface area contributed by atoms with Crippen molar-refractivity contribution >= 4 is 11.8 Å². The van der Waals surface area contributed by atoms with Crippen molar-refractivity contribution in [1.82, 2.24) is 4.90 Å². The number of carbonyl (C=O) groups excluding carboxylic acids is 2.